The van der Waals surface area contributed by atoms with Gasteiger partial charge in [0.25, 0.3) is 0 Å². The Hall–Kier alpha value is -0.660. The molecule has 0 aliphatic heterocycles. The van der Waals surface area contributed by atoms with Crippen LogP contribution in [0, 0.1) is 0 Å². The summed E-state index contributed by atoms with van der Waals surface area (Å²) in [7, 11) is 0. The number of ether oxygens (including phenoxy) is 1. The quantitative estimate of drug-likeness (QED) is 0.870. The number of aromatic nitrogens is 1. The van der Waals surface area contributed by atoms with E-state index in [1.807, 2.05) is 20.8 Å². The maximum absolute atomic E-state index is 12.0. The summed E-state index contributed by atoms with van der Waals surface area (Å²) in [5.41, 5.74) is 0.105. The third kappa shape index (κ3) is 4.91. The Bertz CT molecular complexity index is 377. The van der Waals surface area contributed by atoms with E-state index in [-0.39, 0.29) is 6.54 Å². The van der Waals surface area contributed by atoms with Crippen molar-refractivity contribution in [2.45, 2.75) is 39.1 Å². The predicted octanol–water partition coefficient (Wildman–Crippen LogP) is 3.07. The molecule has 7 heteroatoms. The molecule has 1 aromatic rings. The molecule has 0 bridgehead atoms. The first-order chi connectivity index (χ1) is 8.24. The van der Waals surface area contributed by atoms with Gasteiger partial charge in [-0.3, -0.25) is 0 Å². The first kappa shape index (κ1) is 15.4. The fourth-order valence-electron chi connectivity index (χ4n) is 1.42. The Morgan fingerprint density at radius 1 is 1.39 bits per heavy atom. The normalized spacial score (nSPS) is 13.0. The van der Waals surface area contributed by atoms with Crippen LogP contribution in [0.1, 0.15) is 31.5 Å². The zero-order chi connectivity index (χ0) is 13.8. The van der Waals surface area contributed by atoms with Crippen LogP contribution >= 0.6 is 11.3 Å². The van der Waals surface area contributed by atoms with Crippen molar-refractivity contribution >= 4 is 11.3 Å². The number of thiazole rings is 1. The molecular formula is C11H17F3N2OS. The summed E-state index contributed by atoms with van der Waals surface area (Å²) in [6.45, 7) is 5.34. The maximum Gasteiger partial charge on any atom is 0.401 e. The minimum atomic E-state index is -4.19. The third-order valence-electron chi connectivity index (χ3n) is 2.20. The van der Waals surface area contributed by atoms with E-state index in [1.165, 1.54) is 11.3 Å². The van der Waals surface area contributed by atoms with Crippen molar-refractivity contribution in [1.82, 2.24) is 10.3 Å². The number of nitrogens with one attached hydrogen (secondary N) is 1. The Balaban J connectivity index is 2.53. The predicted molar refractivity (Wildman–Crippen MR) is 64.5 cm³/mol. The topological polar surface area (TPSA) is 34.1 Å². The Morgan fingerprint density at radius 3 is 2.61 bits per heavy atom. The van der Waals surface area contributed by atoms with Crippen molar-refractivity contribution < 1.29 is 17.9 Å². The van der Waals surface area contributed by atoms with Gasteiger partial charge in [-0.05, 0) is 20.8 Å². The summed E-state index contributed by atoms with van der Waals surface area (Å²) < 4.78 is 41.4. The molecule has 0 unspecified atom stereocenters. The fraction of sp³-hybridized carbons (Fsp3) is 0.727. The highest BCUT2D eigenvalue weighted by Crippen LogP contribution is 2.27. The molecule has 0 fully saturated rings. The zero-order valence-corrected chi connectivity index (χ0v) is 11.4. The van der Waals surface area contributed by atoms with Gasteiger partial charge in [0.05, 0.1) is 12.2 Å². The molecule has 0 spiro atoms. The lowest BCUT2D eigenvalue weighted by Gasteiger charge is -2.21. The van der Waals surface area contributed by atoms with E-state index < -0.39 is 18.3 Å². The maximum atomic E-state index is 12.0. The second-order valence-corrected chi connectivity index (χ2v) is 5.16. The molecule has 3 nitrogen and oxygen atoms in total. The average Bonchev–Trinajstić information content (AvgIpc) is 2.65. The molecule has 18 heavy (non-hydrogen) atoms. The number of nitrogens with zero attached hydrogens (tertiary/aromatic N) is 1. The Labute approximate surface area is 108 Å². The molecule has 1 N–H and O–H groups in total. The lowest BCUT2D eigenvalue weighted by Crippen LogP contribution is -2.28. The molecule has 1 aromatic heterocycles. The van der Waals surface area contributed by atoms with Crippen molar-refractivity contribution in [2.24, 2.45) is 0 Å². The largest absolute Gasteiger partial charge is 0.401 e. The molecule has 1 heterocycles. The highest BCUT2D eigenvalue weighted by Gasteiger charge is 2.27. The first-order valence-electron chi connectivity index (χ1n) is 5.61. The minimum absolute atomic E-state index is 0.109. The summed E-state index contributed by atoms with van der Waals surface area (Å²) >= 11 is 1.40. The van der Waals surface area contributed by atoms with Crippen LogP contribution in [0.2, 0.25) is 0 Å². The monoisotopic (exact) mass is 282 g/mol. The smallest absolute Gasteiger partial charge is 0.369 e. The second kappa shape index (κ2) is 5.99. The molecular weight excluding hydrogens is 265 g/mol. The van der Waals surface area contributed by atoms with Crippen LogP contribution in [-0.4, -0.2) is 24.3 Å². The zero-order valence-electron chi connectivity index (χ0n) is 10.6. The van der Waals surface area contributed by atoms with Crippen LogP contribution in [0.25, 0.3) is 0 Å². The van der Waals surface area contributed by atoms with Crippen LogP contribution in [0.4, 0.5) is 13.2 Å². The number of hydrogen-bond acceptors (Lipinski definition) is 4. The third-order valence-corrected chi connectivity index (χ3v) is 3.40. The van der Waals surface area contributed by atoms with Gasteiger partial charge >= 0.3 is 6.18 Å². The summed E-state index contributed by atoms with van der Waals surface area (Å²) in [5, 5.41) is 4.84. The van der Waals surface area contributed by atoms with Gasteiger partial charge < -0.3 is 10.1 Å². The van der Waals surface area contributed by atoms with Crippen LogP contribution in [0.15, 0.2) is 5.38 Å². The molecule has 0 aliphatic rings. The standard InChI is InChI=1S/C11H17F3N2OS/c1-4-17-10(2,3)9-16-8(6-18-9)5-15-7-11(12,13)14/h6,15H,4-5,7H2,1-3H3. The van der Waals surface area contributed by atoms with Crippen molar-refractivity contribution in [3.05, 3.63) is 16.1 Å². The van der Waals surface area contributed by atoms with Gasteiger partial charge in [-0.1, -0.05) is 0 Å². The summed E-state index contributed by atoms with van der Waals surface area (Å²) in [6, 6.07) is 0. The summed E-state index contributed by atoms with van der Waals surface area (Å²) in [5.74, 6) is 0. The number of rotatable bonds is 6. The van der Waals surface area contributed by atoms with Crippen LogP contribution in [-0.2, 0) is 16.9 Å². The number of alkyl halides is 3. The molecule has 104 valence electrons. The molecule has 0 amide bonds. The van der Waals surface area contributed by atoms with Gasteiger partial charge in [0.1, 0.15) is 10.6 Å². The highest BCUT2D eigenvalue weighted by atomic mass is 32.1. The fourth-order valence-corrected chi connectivity index (χ4v) is 2.32. The number of halogens is 3. The molecule has 0 radical (unpaired) electrons. The van der Waals surface area contributed by atoms with E-state index in [1.54, 1.807) is 5.38 Å². The van der Waals surface area contributed by atoms with Crippen LogP contribution in [0.3, 0.4) is 0 Å². The molecule has 0 atom stereocenters. The van der Waals surface area contributed by atoms with Crippen molar-refractivity contribution in [1.29, 1.82) is 0 Å². The van der Waals surface area contributed by atoms with Crippen molar-refractivity contribution in [3.8, 4) is 0 Å². The van der Waals surface area contributed by atoms with Crippen LogP contribution in [0.5, 0.6) is 0 Å². The minimum Gasteiger partial charge on any atom is -0.369 e. The van der Waals surface area contributed by atoms with Gasteiger partial charge in [0.15, 0.2) is 0 Å². The molecule has 1 rings (SSSR count). The molecule has 0 aliphatic carbocycles. The van der Waals surface area contributed by atoms with E-state index in [0.29, 0.717) is 12.3 Å². The summed E-state index contributed by atoms with van der Waals surface area (Å²) in [6.07, 6.45) is -4.19. The van der Waals surface area contributed by atoms with Crippen LogP contribution < -0.4 is 5.32 Å². The Kier molecular flexibility index (Phi) is 5.12. The van der Waals surface area contributed by atoms with E-state index in [9.17, 15) is 13.2 Å². The molecule has 0 aromatic carbocycles. The number of hydrogen-bond donors (Lipinski definition) is 1. The highest BCUT2D eigenvalue weighted by molar-refractivity contribution is 7.09. The van der Waals surface area contributed by atoms with E-state index >= 15 is 0 Å². The Morgan fingerprint density at radius 2 is 2.06 bits per heavy atom. The lowest BCUT2D eigenvalue weighted by atomic mass is 10.1. The second-order valence-electron chi connectivity index (χ2n) is 4.31. The van der Waals surface area contributed by atoms with Gasteiger partial charge in [0, 0.05) is 18.5 Å². The van der Waals surface area contributed by atoms with Gasteiger partial charge in [-0.2, -0.15) is 13.2 Å². The van der Waals surface area contributed by atoms with Gasteiger partial charge in [0.2, 0.25) is 0 Å². The molecule has 0 saturated carbocycles. The van der Waals surface area contributed by atoms with Gasteiger partial charge in [-0.15, -0.1) is 11.3 Å². The molecule has 0 saturated heterocycles. The van der Waals surface area contributed by atoms with E-state index in [0.717, 1.165) is 5.01 Å². The lowest BCUT2D eigenvalue weighted by molar-refractivity contribution is -0.125. The first-order valence-corrected chi connectivity index (χ1v) is 6.49. The van der Waals surface area contributed by atoms with Crippen molar-refractivity contribution in [2.75, 3.05) is 13.2 Å². The van der Waals surface area contributed by atoms with Gasteiger partial charge in [-0.25, -0.2) is 4.98 Å². The SMILES string of the molecule is CCOC(C)(C)c1nc(CNCC(F)(F)F)cs1. The summed E-state index contributed by atoms with van der Waals surface area (Å²) in [4.78, 5) is 4.28. The average molecular weight is 282 g/mol. The van der Waals surface area contributed by atoms with E-state index in [2.05, 4.69) is 10.3 Å². The van der Waals surface area contributed by atoms with Crippen molar-refractivity contribution in [3.63, 3.8) is 0 Å². The van der Waals surface area contributed by atoms with E-state index in [4.69, 9.17) is 4.74 Å².